The lowest BCUT2D eigenvalue weighted by Gasteiger charge is -2.08. The monoisotopic (exact) mass is 317 g/mol. The van der Waals surface area contributed by atoms with Gasteiger partial charge in [0, 0.05) is 22.8 Å². The third-order valence-electron chi connectivity index (χ3n) is 2.96. The van der Waals surface area contributed by atoms with Crippen LogP contribution in [0.2, 0.25) is 0 Å². The molecule has 6 heteroatoms. The van der Waals surface area contributed by atoms with Crippen molar-refractivity contribution in [3.8, 4) is 0 Å². The van der Waals surface area contributed by atoms with Crippen LogP contribution in [0.3, 0.4) is 0 Å². The highest BCUT2D eigenvalue weighted by Gasteiger charge is 2.16. The van der Waals surface area contributed by atoms with Crippen LogP contribution in [0.5, 0.6) is 0 Å². The Morgan fingerprint density at radius 3 is 2.55 bits per heavy atom. The van der Waals surface area contributed by atoms with E-state index in [1.165, 1.54) is 6.07 Å². The van der Waals surface area contributed by atoms with Gasteiger partial charge in [0.1, 0.15) is 0 Å². The quantitative estimate of drug-likeness (QED) is 0.647. The predicted octanol–water partition coefficient (Wildman–Crippen LogP) is 3.09. The molecule has 0 radical (unpaired) electrons. The minimum Gasteiger partial charge on any atom is -0.352 e. The molecule has 1 amide bonds. The SMILES string of the molecule is Cc1ccc(C(=O)NCCCC(C)C)cc1S(=O)(=O)Cl. The number of aryl methyl sites for hydroxylation is 1. The molecule has 0 aromatic heterocycles. The Morgan fingerprint density at radius 2 is 2.00 bits per heavy atom. The van der Waals surface area contributed by atoms with E-state index in [2.05, 4.69) is 19.2 Å². The van der Waals surface area contributed by atoms with Gasteiger partial charge in [-0.1, -0.05) is 19.9 Å². The van der Waals surface area contributed by atoms with Gasteiger partial charge in [0.05, 0.1) is 4.90 Å². The average molecular weight is 318 g/mol. The summed E-state index contributed by atoms with van der Waals surface area (Å²) in [5, 5.41) is 2.78. The summed E-state index contributed by atoms with van der Waals surface area (Å²) in [6, 6.07) is 4.49. The minimum absolute atomic E-state index is 0.0194. The second-order valence-electron chi connectivity index (χ2n) is 5.21. The van der Waals surface area contributed by atoms with Crippen LogP contribution in [0, 0.1) is 12.8 Å². The van der Waals surface area contributed by atoms with Crippen LogP contribution < -0.4 is 5.32 Å². The number of nitrogens with one attached hydrogen (secondary N) is 1. The molecule has 0 spiro atoms. The first-order valence-corrected chi connectivity index (χ1v) is 8.86. The fourth-order valence-corrected chi connectivity index (χ4v) is 3.04. The molecule has 0 fully saturated rings. The Bertz CT molecular complexity index is 582. The third-order valence-corrected chi connectivity index (χ3v) is 4.42. The molecular formula is C14H20ClNO3S. The second kappa shape index (κ2) is 7.09. The fourth-order valence-electron chi connectivity index (χ4n) is 1.82. The van der Waals surface area contributed by atoms with Crippen LogP contribution in [0.15, 0.2) is 23.1 Å². The number of benzene rings is 1. The average Bonchev–Trinajstić information content (AvgIpc) is 2.33. The lowest BCUT2D eigenvalue weighted by Crippen LogP contribution is -2.24. The van der Waals surface area contributed by atoms with Crippen molar-refractivity contribution < 1.29 is 13.2 Å². The number of amides is 1. The van der Waals surface area contributed by atoms with E-state index in [0.29, 0.717) is 23.6 Å². The fraction of sp³-hybridized carbons (Fsp3) is 0.500. The standard InChI is InChI=1S/C14H20ClNO3S/c1-10(2)5-4-8-16-14(17)12-7-6-11(3)13(9-12)20(15,18)19/h6-7,9-10H,4-5,8H2,1-3H3,(H,16,17). The molecule has 0 heterocycles. The van der Waals surface area contributed by atoms with E-state index in [4.69, 9.17) is 10.7 Å². The van der Waals surface area contributed by atoms with Gasteiger partial charge in [-0.3, -0.25) is 4.79 Å². The molecule has 0 atom stereocenters. The van der Waals surface area contributed by atoms with Crippen LogP contribution >= 0.6 is 10.7 Å². The Hall–Kier alpha value is -1.07. The van der Waals surface area contributed by atoms with Gasteiger partial charge in [-0.05, 0) is 43.4 Å². The molecule has 112 valence electrons. The van der Waals surface area contributed by atoms with Crippen molar-refractivity contribution in [3.05, 3.63) is 29.3 Å². The van der Waals surface area contributed by atoms with Crippen molar-refractivity contribution in [2.45, 2.75) is 38.5 Å². The number of carbonyl (C=O) groups is 1. The summed E-state index contributed by atoms with van der Waals surface area (Å²) in [4.78, 5) is 11.9. The summed E-state index contributed by atoms with van der Waals surface area (Å²) >= 11 is 0. The van der Waals surface area contributed by atoms with E-state index in [-0.39, 0.29) is 10.8 Å². The smallest absolute Gasteiger partial charge is 0.261 e. The van der Waals surface area contributed by atoms with E-state index in [9.17, 15) is 13.2 Å². The molecule has 0 aliphatic heterocycles. The first kappa shape index (κ1) is 17.0. The first-order valence-electron chi connectivity index (χ1n) is 6.55. The molecule has 0 bridgehead atoms. The highest BCUT2D eigenvalue weighted by Crippen LogP contribution is 2.20. The summed E-state index contributed by atoms with van der Waals surface area (Å²) in [5.74, 6) is 0.314. The van der Waals surface area contributed by atoms with Gasteiger partial charge in [0.15, 0.2) is 0 Å². The van der Waals surface area contributed by atoms with Crippen molar-refractivity contribution in [1.82, 2.24) is 5.32 Å². The molecule has 4 nitrogen and oxygen atoms in total. The topological polar surface area (TPSA) is 63.2 Å². The van der Waals surface area contributed by atoms with Crippen LogP contribution in [-0.4, -0.2) is 20.9 Å². The van der Waals surface area contributed by atoms with E-state index in [1.54, 1.807) is 19.1 Å². The molecule has 20 heavy (non-hydrogen) atoms. The summed E-state index contributed by atoms with van der Waals surface area (Å²) in [6.07, 6.45) is 1.94. The van der Waals surface area contributed by atoms with Crippen molar-refractivity contribution in [1.29, 1.82) is 0 Å². The van der Waals surface area contributed by atoms with E-state index in [0.717, 1.165) is 12.8 Å². The number of halogens is 1. The minimum atomic E-state index is -3.83. The first-order chi connectivity index (χ1) is 9.21. The van der Waals surface area contributed by atoms with Gasteiger partial charge in [-0.2, -0.15) is 0 Å². The maximum atomic E-state index is 11.9. The zero-order chi connectivity index (χ0) is 15.3. The zero-order valence-electron chi connectivity index (χ0n) is 11.9. The molecule has 1 aromatic carbocycles. The van der Waals surface area contributed by atoms with E-state index in [1.807, 2.05) is 0 Å². The molecule has 1 N–H and O–H groups in total. The van der Waals surface area contributed by atoms with Crippen molar-refractivity contribution in [2.75, 3.05) is 6.54 Å². The number of carbonyl (C=O) groups excluding carboxylic acids is 1. The Kier molecular flexibility index (Phi) is 6.02. The van der Waals surface area contributed by atoms with Crippen LogP contribution in [0.25, 0.3) is 0 Å². The molecule has 0 aliphatic carbocycles. The Balaban J connectivity index is 2.75. The molecule has 0 unspecified atom stereocenters. The normalized spacial score (nSPS) is 11.7. The second-order valence-corrected chi connectivity index (χ2v) is 7.74. The van der Waals surface area contributed by atoms with Gasteiger partial charge in [-0.15, -0.1) is 0 Å². The number of hydrogen-bond donors (Lipinski definition) is 1. The third kappa shape index (κ3) is 5.13. The molecule has 1 rings (SSSR count). The summed E-state index contributed by atoms with van der Waals surface area (Å²) in [6.45, 7) is 6.46. The lowest BCUT2D eigenvalue weighted by molar-refractivity contribution is 0.0952. The predicted molar refractivity (Wildman–Crippen MR) is 80.6 cm³/mol. The van der Waals surface area contributed by atoms with Crippen LogP contribution in [0.1, 0.15) is 42.6 Å². The van der Waals surface area contributed by atoms with Gasteiger partial charge >= 0.3 is 0 Å². The van der Waals surface area contributed by atoms with Gasteiger partial charge in [0.25, 0.3) is 15.0 Å². The Labute approximate surface area is 124 Å². The van der Waals surface area contributed by atoms with Gasteiger partial charge in [-0.25, -0.2) is 8.42 Å². The lowest BCUT2D eigenvalue weighted by atomic mass is 10.1. The van der Waals surface area contributed by atoms with E-state index < -0.39 is 9.05 Å². The number of hydrogen-bond acceptors (Lipinski definition) is 3. The largest absolute Gasteiger partial charge is 0.352 e. The zero-order valence-corrected chi connectivity index (χ0v) is 13.5. The number of rotatable bonds is 6. The molecule has 1 aromatic rings. The van der Waals surface area contributed by atoms with Crippen molar-refractivity contribution in [3.63, 3.8) is 0 Å². The summed E-state index contributed by atoms with van der Waals surface area (Å²) in [7, 11) is 1.51. The van der Waals surface area contributed by atoms with Crippen molar-refractivity contribution in [2.24, 2.45) is 5.92 Å². The highest BCUT2D eigenvalue weighted by atomic mass is 35.7. The van der Waals surface area contributed by atoms with E-state index >= 15 is 0 Å². The summed E-state index contributed by atoms with van der Waals surface area (Å²) in [5.41, 5.74) is 0.829. The molecular weight excluding hydrogens is 298 g/mol. The van der Waals surface area contributed by atoms with Gasteiger partial charge < -0.3 is 5.32 Å². The molecule has 0 aliphatic rings. The summed E-state index contributed by atoms with van der Waals surface area (Å²) < 4.78 is 22.8. The Morgan fingerprint density at radius 1 is 1.35 bits per heavy atom. The molecule has 0 saturated heterocycles. The van der Waals surface area contributed by atoms with Gasteiger partial charge in [0.2, 0.25) is 0 Å². The molecule has 0 saturated carbocycles. The van der Waals surface area contributed by atoms with Crippen LogP contribution in [0.4, 0.5) is 0 Å². The van der Waals surface area contributed by atoms with Crippen LogP contribution in [-0.2, 0) is 9.05 Å². The maximum Gasteiger partial charge on any atom is 0.261 e. The highest BCUT2D eigenvalue weighted by molar-refractivity contribution is 8.13. The van der Waals surface area contributed by atoms with Crippen molar-refractivity contribution >= 4 is 25.6 Å². The maximum absolute atomic E-state index is 11.9.